The molecule has 206 valence electrons. The van der Waals surface area contributed by atoms with Gasteiger partial charge in [0.25, 0.3) is 0 Å². The van der Waals surface area contributed by atoms with E-state index < -0.39 is 18.0 Å². The number of fused-ring (bicyclic) bond motifs is 1. The lowest BCUT2D eigenvalue weighted by molar-refractivity contribution is 0.0620. The van der Waals surface area contributed by atoms with Crippen LogP contribution in [0.4, 0.5) is 25.7 Å². The van der Waals surface area contributed by atoms with E-state index in [4.69, 9.17) is 16.0 Å². The molecule has 2 aromatic heterocycles. The molecule has 5 rings (SSSR count). The number of pyridine rings is 1. The number of piperidine rings is 1. The Morgan fingerprint density at radius 3 is 2.73 bits per heavy atom. The maximum Gasteiger partial charge on any atom is 0.325 e. The lowest BCUT2D eigenvalue weighted by Gasteiger charge is -2.28. The van der Waals surface area contributed by atoms with E-state index in [0.29, 0.717) is 34.1 Å². The molecule has 12 heteroatoms. The number of aromatic nitrogens is 2. The number of hydrogen-bond donors (Lipinski definition) is 3. The molecule has 0 saturated carbocycles. The summed E-state index contributed by atoms with van der Waals surface area (Å²) in [5.41, 5.74) is 0.732. The maximum absolute atomic E-state index is 14.7. The molecule has 0 unspecified atom stereocenters. The lowest BCUT2D eigenvalue weighted by atomic mass is 10.1. The van der Waals surface area contributed by atoms with Crippen molar-refractivity contribution in [3.05, 3.63) is 71.4 Å². The quantitative estimate of drug-likeness (QED) is 0.213. The number of carbonyl (C=O) groups excluding carboxylic acids is 1. The van der Waals surface area contributed by atoms with Crippen molar-refractivity contribution in [1.82, 2.24) is 14.9 Å². The van der Waals surface area contributed by atoms with Gasteiger partial charge in [-0.25, -0.2) is 19.0 Å². The van der Waals surface area contributed by atoms with Gasteiger partial charge in [0.05, 0.1) is 17.8 Å². The molecule has 10 nitrogen and oxygen atoms in total. The van der Waals surface area contributed by atoms with Gasteiger partial charge in [-0.2, -0.15) is 0 Å². The van der Waals surface area contributed by atoms with E-state index in [1.807, 2.05) is 0 Å². The summed E-state index contributed by atoms with van der Waals surface area (Å²) >= 11 is 1.24. The number of carbonyl (C=O) groups is 1. The van der Waals surface area contributed by atoms with Crippen LogP contribution in [0.5, 0.6) is 17.2 Å². The number of β-amino-alcohol motifs (C(OH)–C–C–N with tert-alkyl or cyclic N) is 1. The van der Waals surface area contributed by atoms with E-state index in [9.17, 15) is 14.3 Å². The number of urea groups is 1. The van der Waals surface area contributed by atoms with E-state index in [-0.39, 0.29) is 23.7 Å². The summed E-state index contributed by atoms with van der Waals surface area (Å²) in [6.07, 6.45) is 5.90. The third kappa shape index (κ3) is 6.81. The number of thiazole rings is 1. The zero-order valence-electron chi connectivity index (χ0n) is 21.5. The number of benzene rings is 2. The molecule has 40 heavy (non-hydrogen) atoms. The van der Waals surface area contributed by atoms with Gasteiger partial charge in [-0.3, -0.25) is 10.3 Å². The van der Waals surface area contributed by atoms with Crippen LogP contribution in [-0.2, 0) is 0 Å². The fraction of sp³-hybridized carbons (Fsp3) is 0.286. The van der Waals surface area contributed by atoms with Crippen LogP contribution in [0.1, 0.15) is 19.3 Å². The van der Waals surface area contributed by atoms with E-state index in [1.54, 1.807) is 36.0 Å². The molecule has 0 radical (unpaired) electrons. The highest BCUT2D eigenvalue weighted by atomic mass is 32.1. The predicted octanol–water partition coefficient (Wildman–Crippen LogP) is 6.04. The van der Waals surface area contributed by atoms with Crippen LogP contribution in [0.2, 0.25) is 0 Å². The lowest BCUT2D eigenvalue weighted by Crippen LogP contribution is -2.38. The van der Waals surface area contributed by atoms with Gasteiger partial charge < -0.3 is 24.8 Å². The molecular weight excluding hydrogens is 535 g/mol. The molecule has 0 bridgehead atoms. The number of rotatable bonds is 9. The number of amides is 2. The molecule has 3 heterocycles. The van der Waals surface area contributed by atoms with E-state index in [2.05, 4.69) is 30.3 Å². The summed E-state index contributed by atoms with van der Waals surface area (Å²) in [6.45, 7) is 10.2. The van der Waals surface area contributed by atoms with Gasteiger partial charge in [-0.15, -0.1) is 11.3 Å². The molecule has 1 fully saturated rings. The first-order chi connectivity index (χ1) is 19.5. The first-order valence-corrected chi connectivity index (χ1v) is 13.6. The molecule has 3 N–H and O–H groups in total. The summed E-state index contributed by atoms with van der Waals surface area (Å²) < 4.78 is 26.5. The fourth-order valence-electron chi connectivity index (χ4n) is 4.43. The number of ether oxygens (including phenoxy) is 2. The van der Waals surface area contributed by atoms with Crippen LogP contribution >= 0.6 is 11.3 Å². The van der Waals surface area contributed by atoms with E-state index >= 15 is 0 Å². The number of likely N-dealkylation sites (tertiary alicyclic amines) is 1. The van der Waals surface area contributed by atoms with Crippen LogP contribution in [0.3, 0.4) is 0 Å². The molecule has 4 aromatic rings. The molecule has 2 amide bonds. The smallest absolute Gasteiger partial charge is 0.325 e. The number of nitrogens with one attached hydrogen (secondary N) is 2. The Balaban J connectivity index is 1.27. The third-order valence-corrected chi connectivity index (χ3v) is 7.01. The SMILES string of the molecule is [C-]#[N+]c1cc2c(Oc3ccc(NC(=O)Nc4nccs4)c(F)c3)ccnc2cc1OC[C@H](O)CN1CCCCC1. The predicted molar refractivity (Wildman–Crippen MR) is 151 cm³/mol. The van der Waals surface area contributed by atoms with Crippen molar-refractivity contribution >= 4 is 44.8 Å². The second kappa shape index (κ2) is 12.7. The Hall–Kier alpha value is -4.31. The van der Waals surface area contributed by atoms with Crippen molar-refractivity contribution in [1.29, 1.82) is 0 Å². The maximum atomic E-state index is 14.7. The van der Waals surface area contributed by atoms with Gasteiger partial charge in [0.15, 0.2) is 5.13 Å². The van der Waals surface area contributed by atoms with E-state index in [0.717, 1.165) is 32.0 Å². The number of hydrogen-bond acceptors (Lipinski definition) is 8. The van der Waals surface area contributed by atoms with Gasteiger partial charge in [0, 0.05) is 35.8 Å². The van der Waals surface area contributed by atoms with Crippen molar-refractivity contribution < 1.29 is 23.8 Å². The first kappa shape index (κ1) is 27.3. The number of nitrogens with zero attached hydrogens (tertiary/aromatic N) is 4. The third-order valence-electron chi connectivity index (χ3n) is 6.32. The van der Waals surface area contributed by atoms with Crippen molar-refractivity contribution in [2.24, 2.45) is 0 Å². The zero-order valence-corrected chi connectivity index (χ0v) is 22.3. The minimum absolute atomic E-state index is 0.0273. The Morgan fingerprint density at radius 1 is 1.12 bits per heavy atom. The Labute approximate surface area is 234 Å². The van der Waals surface area contributed by atoms with Crippen molar-refractivity contribution in [2.45, 2.75) is 25.4 Å². The van der Waals surface area contributed by atoms with Crippen LogP contribution in [0.15, 0.2) is 54.2 Å². The van der Waals surface area contributed by atoms with Crippen LogP contribution < -0.4 is 20.1 Å². The van der Waals surface area contributed by atoms with Crippen molar-refractivity contribution in [3.8, 4) is 17.2 Å². The standard InChI is InChI=1S/C28H27FN6O4S/c1-30-24-14-20-23(15-26(24)38-17-18(36)16-35-10-3-2-4-11-35)31-8-7-25(20)39-19-5-6-22(21(29)13-19)33-27(37)34-28-32-9-12-40-28/h5-9,12-15,18,36H,2-4,10-11,16-17H2,(H2,32,33,34,37)/t18-/m1/s1. The molecule has 2 aromatic carbocycles. The molecular formula is C28H27FN6O4S. The highest BCUT2D eigenvalue weighted by molar-refractivity contribution is 7.13. The van der Waals surface area contributed by atoms with Gasteiger partial charge >= 0.3 is 6.03 Å². The molecule has 1 aliphatic heterocycles. The summed E-state index contributed by atoms with van der Waals surface area (Å²) in [7, 11) is 0. The minimum atomic E-state index is -0.689. The molecule has 1 atom stereocenters. The molecule has 1 saturated heterocycles. The second-order valence-corrected chi connectivity index (χ2v) is 10.1. The number of aliphatic hydroxyl groups is 1. The highest BCUT2D eigenvalue weighted by Gasteiger charge is 2.17. The summed E-state index contributed by atoms with van der Waals surface area (Å²) in [5.74, 6) is 0.197. The van der Waals surface area contributed by atoms with E-state index in [1.165, 1.54) is 29.9 Å². The van der Waals surface area contributed by atoms with Crippen LogP contribution in [-0.4, -0.2) is 58.4 Å². The van der Waals surface area contributed by atoms with Crippen LogP contribution in [0.25, 0.3) is 15.7 Å². The molecule has 0 spiro atoms. The van der Waals surface area contributed by atoms with Gasteiger partial charge in [0.2, 0.25) is 5.69 Å². The molecule has 0 aliphatic carbocycles. The first-order valence-electron chi connectivity index (χ1n) is 12.8. The highest BCUT2D eigenvalue weighted by Crippen LogP contribution is 2.38. The number of anilines is 2. The average Bonchev–Trinajstić information content (AvgIpc) is 3.46. The van der Waals surface area contributed by atoms with Gasteiger partial charge in [0.1, 0.15) is 35.8 Å². The van der Waals surface area contributed by atoms with Crippen molar-refractivity contribution in [2.75, 3.05) is 36.9 Å². The second-order valence-electron chi connectivity index (χ2n) is 9.24. The topological polar surface area (TPSA) is 113 Å². The number of halogens is 1. The largest absolute Gasteiger partial charge is 0.502 e. The summed E-state index contributed by atoms with van der Waals surface area (Å²) in [4.78, 5) is 26.2. The monoisotopic (exact) mass is 562 g/mol. The Bertz CT molecular complexity index is 1520. The minimum Gasteiger partial charge on any atom is -0.502 e. The summed E-state index contributed by atoms with van der Waals surface area (Å²) in [5, 5.41) is 18.1. The summed E-state index contributed by atoms with van der Waals surface area (Å²) in [6, 6.07) is 8.30. The Morgan fingerprint density at radius 2 is 1.98 bits per heavy atom. The van der Waals surface area contributed by atoms with Crippen LogP contribution in [0, 0.1) is 12.4 Å². The van der Waals surface area contributed by atoms with Crippen molar-refractivity contribution in [3.63, 3.8) is 0 Å². The average molecular weight is 563 g/mol. The number of aliphatic hydroxyl groups excluding tert-OH is 1. The van der Waals surface area contributed by atoms with Gasteiger partial charge in [-0.05, 0) is 56.3 Å². The molecule has 1 aliphatic rings. The van der Waals surface area contributed by atoms with Gasteiger partial charge in [-0.1, -0.05) is 6.42 Å². The Kier molecular flexibility index (Phi) is 8.65. The fourth-order valence-corrected chi connectivity index (χ4v) is 4.96. The zero-order chi connectivity index (χ0) is 27.9. The normalized spacial score (nSPS) is 14.3.